The summed E-state index contributed by atoms with van der Waals surface area (Å²) in [6.07, 6.45) is 35.5. The molecule has 0 rings (SSSR count). The molecule has 0 aromatic carbocycles. The van der Waals surface area contributed by atoms with E-state index in [1.807, 2.05) is 0 Å². The van der Waals surface area contributed by atoms with E-state index in [0.29, 0.717) is 12.8 Å². The molecule has 0 bridgehead atoms. The number of ether oxygens (including phenoxy) is 2. The normalized spacial score (nSPS) is 11.8. The topological polar surface area (TPSA) is 179 Å². The molecule has 0 aromatic rings. The van der Waals surface area contributed by atoms with Crippen molar-refractivity contribution in [1.29, 1.82) is 0 Å². The number of nitrogens with one attached hydrogen (secondary N) is 1. The first-order chi connectivity index (χ1) is 27.6. The Morgan fingerprint density at radius 2 is 0.746 bits per heavy atom. The predicted octanol–water partition coefficient (Wildman–Crippen LogP) is 9.81. The van der Waals surface area contributed by atoms with Crippen LogP contribution >= 0.6 is 0 Å². The summed E-state index contributed by atoms with van der Waals surface area (Å²) in [4.78, 5) is 72.6. The van der Waals surface area contributed by atoms with Crippen molar-refractivity contribution in [3.63, 3.8) is 0 Å². The van der Waals surface area contributed by atoms with Crippen LogP contribution in [0.25, 0.3) is 0 Å². The molecule has 0 saturated carbocycles. The average Bonchev–Trinajstić information content (AvgIpc) is 3.18. The van der Waals surface area contributed by atoms with E-state index in [1.165, 1.54) is 141 Å². The molecule has 0 saturated heterocycles. The summed E-state index contributed by atoms with van der Waals surface area (Å²) in [5.41, 5.74) is 5.77. The molecule has 0 aromatic heterocycles. The minimum absolute atomic E-state index is 0. The number of hydrogen-bond acceptors (Lipinski definition) is 9. The van der Waals surface area contributed by atoms with Gasteiger partial charge in [0.1, 0.15) is 12.1 Å². The van der Waals surface area contributed by atoms with Gasteiger partial charge in [0.25, 0.3) is 0 Å². The van der Waals surface area contributed by atoms with Crippen LogP contribution in [0.5, 0.6) is 0 Å². The Labute approximate surface area is 403 Å². The van der Waals surface area contributed by atoms with Crippen LogP contribution < -0.4 is 11.1 Å². The number of unbranched alkanes of at least 4 members (excludes halogenated alkanes) is 28. The summed E-state index contributed by atoms with van der Waals surface area (Å²) >= 11 is 0. The molecule has 4 N–H and O–H groups in total. The fraction of sp³-hybridized carbons (Fsp3) is 0.870. The maximum absolute atomic E-state index is 12.3. The third-order valence-corrected chi connectivity index (χ3v) is 10.7. The summed E-state index contributed by atoms with van der Waals surface area (Å²) in [6.45, 7) is 4.49. The van der Waals surface area contributed by atoms with Gasteiger partial charge in [-0.2, -0.15) is 0 Å². The Bertz CT molecular complexity index is 1060. The fourth-order valence-corrected chi connectivity index (χ4v) is 6.94. The van der Waals surface area contributed by atoms with E-state index in [2.05, 4.69) is 19.2 Å². The van der Waals surface area contributed by atoms with Crippen molar-refractivity contribution in [2.45, 2.75) is 257 Å². The average molecular weight is 857 g/mol. The van der Waals surface area contributed by atoms with E-state index < -0.39 is 54.3 Å². The maximum atomic E-state index is 12.3. The zero-order valence-electron chi connectivity index (χ0n) is 36.4. The van der Waals surface area contributed by atoms with E-state index >= 15 is 0 Å². The van der Waals surface area contributed by atoms with Crippen molar-refractivity contribution in [3.05, 3.63) is 0 Å². The molecule has 0 aliphatic rings. The van der Waals surface area contributed by atoms with Crippen LogP contribution in [-0.4, -0.2) is 112 Å². The van der Waals surface area contributed by atoms with Gasteiger partial charge in [0.2, 0.25) is 5.91 Å². The quantitative estimate of drug-likeness (QED) is 0.0232. The predicted molar refractivity (Wildman–Crippen MR) is 242 cm³/mol. The molecule has 59 heavy (non-hydrogen) atoms. The molecule has 0 heterocycles. The minimum atomic E-state index is -1.31. The summed E-state index contributed by atoms with van der Waals surface area (Å²) in [5.74, 6) is -5.16. The molecule has 11 nitrogen and oxygen atoms in total. The Morgan fingerprint density at radius 1 is 0.441 bits per heavy atom. The van der Waals surface area contributed by atoms with Gasteiger partial charge < -0.3 is 25.6 Å². The van der Waals surface area contributed by atoms with Gasteiger partial charge in [-0.15, -0.1) is 0 Å². The van der Waals surface area contributed by atoms with Crippen molar-refractivity contribution in [2.75, 3.05) is 0 Å². The Balaban J connectivity index is -0.0000157. The van der Waals surface area contributed by atoms with Crippen LogP contribution in [-0.2, 0) is 38.2 Å². The van der Waals surface area contributed by atoms with Crippen molar-refractivity contribution >= 4 is 94.9 Å². The van der Waals surface area contributed by atoms with E-state index in [1.54, 1.807) is 0 Å². The van der Waals surface area contributed by atoms with E-state index in [9.17, 15) is 33.9 Å². The summed E-state index contributed by atoms with van der Waals surface area (Å²) in [5, 5.41) is 12.0. The Hall–Kier alpha value is -0.820. The summed E-state index contributed by atoms with van der Waals surface area (Å²) in [7, 11) is 0. The van der Waals surface area contributed by atoms with Crippen LogP contribution in [0, 0.1) is 0 Å². The van der Waals surface area contributed by atoms with Crippen molar-refractivity contribution in [1.82, 2.24) is 5.32 Å². The van der Waals surface area contributed by atoms with Gasteiger partial charge >= 0.3 is 89.0 Å². The molecule has 0 unspecified atom stereocenters. The summed E-state index contributed by atoms with van der Waals surface area (Å²) in [6, 6.07) is -2.61. The molecule has 13 heteroatoms. The summed E-state index contributed by atoms with van der Waals surface area (Å²) < 4.78 is 9.56. The Kier molecular flexibility index (Phi) is 49.4. The van der Waals surface area contributed by atoms with Gasteiger partial charge in [0, 0.05) is 25.7 Å². The SMILES string of the molecule is CCCCCCCCCCCCCCCCCC(=O)N[C@H](CCC(=O)OC(=O)[C@H](N)CCC(=O)OC(=O)CCCCCCCCCCCCCCCCC)C(=O)O.[NaH].[NaH]. The third-order valence-electron chi connectivity index (χ3n) is 10.7. The standard InChI is InChI=1S/C46H84N2O9.2Na.2H/c1-3-5-7-9-11-13-15-17-19-21-23-25-27-29-31-33-41(49)48-40(45(53)54)36-38-44(52)57-46(55)39(47)35-37-43(51)56-42(50)34-32-30-28-26-24-22-20-18-16-14-12-10-8-6-4-2;;;;/h39-40H,3-38,47H2,1-2H3,(H,48,49)(H,53,54);;;;/t39-,40-;;;;/m1..../s1. The number of carbonyl (C=O) groups is 6. The number of hydrogen-bond donors (Lipinski definition) is 3. The molecule has 1 amide bonds. The second-order valence-electron chi connectivity index (χ2n) is 16.2. The van der Waals surface area contributed by atoms with E-state index in [4.69, 9.17) is 15.2 Å². The van der Waals surface area contributed by atoms with Gasteiger partial charge in [-0.05, 0) is 25.7 Å². The van der Waals surface area contributed by atoms with Gasteiger partial charge in [-0.1, -0.05) is 194 Å². The second-order valence-corrected chi connectivity index (χ2v) is 16.2. The number of amides is 1. The van der Waals surface area contributed by atoms with Gasteiger partial charge in [-0.25, -0.2) is 9.59 Å². The van der Waals surface area contributed by atoms with Crippen molar-refractivity contribution < 1.29 is 43.3 Å². The van der Waals surface area contributed by atoms with Crippen LogP contribution in [0.4, 0.5) is 0 Å². The fourth-order valence-electron chi connectivity index (χ4n) is 6.94. The van der Waals surface area contributed by atoms with Crippen LogP contribution in [0.3, 0.4) is 0 Å². The van der Waals surface area contributed by atoms with Gasteiger partial charge in [0.15, 0.2) is 0 Å². The number of aliphatic carboxylic acids is 1. The zero-order chi connectivity index (χ0) is 42.2. The molecule has 0 aliphatic carbocycles. The molecule has 0 fully saturated rings. The van der Waals surface area contributed by atoms with Crippen molar-refractivity contribution in [3.8, 4) is 0 Å². The Morgan fingerprint density at radius 3 is 1.12 bits per heavy atom. The molecular formula is C46H86N2Na2O9. The molecule has 2 atom stereocenters. The monoisotopic (exact) mass is 857 g/mol. The van der Waals surface area contributed by atoms with Crippen LogP contribution in [0.1, 0.15) is 245 Å². The number of esters is 4. The number of carboxylic acids is 1. The van der Waals surface area contributed by atoms with Crippen LogP contribution in [0.15, 0.2) is 0 Å². The van der Waals surface area contributed by atoms with Crippen LogP contribution in [0.2, 0.25) is 0 Å². The molecular weight excluding hydrogens is 770 g/mol. The first-order valence-electron chi connectivity index (χ1n) is 23.4. The number of carbonyl (C=O) groups excluding carboxylic acids is 5. The number of carboxylic acid groups (broad SMARTS) is 1. The van der Waals surface area contributed by atoms with E-state index in [0.717, 1.165) is 38.5 Å². The number of nitrogens with two attached hydrogens (primary N) is 1. The molecule has 0 aliphatic heterocycles. The first-order valence-corrected chi connectivity index (χ1v) is 23.4. The van der Waals surface area contributed by atoms with E-state index in [-0.39, 0.29) is 91.2 Å². The zero-order valence-corrected chi connectivity index (χ0v) is 36.4. The molecule has 0 radical (unpaired) electrons. The molecule has 336 valence electrons. The van der Waals surface area contributed by atoms with Gasteiger partial charge in [-0.3, -0.25) is 19.2 Å². The first kappa shape index (κ1) is 62.5. The van der Waals surface area contributed by atoms with Crippen molar-refractivity contribution in [2.24, 2.45) is 5.73 Å². The second kappa shape index (κ2) is 46.7. The number of rotatable bonds is 41. The molecule has 0 spiro atoms. The van der Waals surface area contributed by atoms with Gasteiger partial charge in [0.05, 0.1) is 0 Å². The third kappa shape index (κ3) is 43.6.